The predicted molar refractivity (Wildman–Crippen MR) is 99.5 cm³/mol. The van der Waals surface area contributed by atoms with E-state index in [2.05, 4.69) is 46.5 Å². The van der Waals surface area contributed by atoms with Crippen molar-refractivity contribution in [2.24, 2.45) is 0 Å². The SMILES string of the molecule is C[C@@H](C(=O)N1CCc2ccccc2[C@H]1Cc1ccccc1)n1cncn1. The Labute approximate surface area is 153 Å². The third-order valence-corrected chi connectivity index (χ3v) is 5.16. The Morgan fingerprint density at radius 3 is 2.69 bits per heavy atom. The van der Waals surface area contributed by atoms with Crippen molar-refractivity contribution in [1.29, 1.82) is 0 Å². The van der Waals surface area contributed by atoms with Gasteiger partial charge in [-0.3, -0.25) is 4.79 Å². The maximum absolute atomic E-state index is 13.2. The molecular formula is C21H22N4O. The van der Waals surface area contributed by atoms with Crippen LogP contribution in [0.2, 0.25) is 0 Å². The highest BCUT2D eigenvalue weighted by molar-refractivity contribution is 5.81. The van der Waals surface area contributed by atoms with E-state index in [1.54, 1.807) is 11.0 Å². The first-order valence-corrected chi connectivity index (χ1v) is 9.00. The van der Waals surface area contributed by atoms with Crippen molar-refractivity contribution in [3.05, 3.63) is 83.9 Å². The normalized spacial score (nSPS) is 17.6. The molecule has 5 heteroatoms. The molecule has 0 radical (unpaired) electrons. The summed E-state index contributed by atoms with van der Waals surface area (Å²) >= 11 is 0. The van der Waals surface area contributed by atoms with Crippen molar-refractivity contribution in [3.63, 3.8) is 0 Å². The van der Waals surface area contributed by atoms with Crippen LogP contribution in [0.4, 0.5) is 0 Å². The summed E-state index contributed by atoms with van der Waals surface area (Å²) < 4.78 is 1.63. The Kier molecular flexibility index (Phi) is 4.52. The summed E-state index contributed by atoms with van der Waals surface area (Å²) in [6, 6.07) is 18.5. The molecule has 1 aromatic heterocycles. The van der Waals surface area contributed by atoms with Crippen LogP contribution in [0.3, 0.4) is 0 Å². The van der Waals surface area contributed by atoms with Crippen LogP contribution in [0.25, 0.3) is 0 Å². The van der Waals surface area contributed by atoms with Crippen LogP contribution < -0.4 is 0 Å². The van der Waals surface area contributed by atoms with Gasteiger partial charge in [0, 0.05) is 6.54 Å². The van der Waals surface area contributed by atoms with Crippen LogP contribution >= 0.6 is 0 Å². The molecule has 2 aromatic carbocycles. The zero-order valence-corrected chi connectivity index (χ0v) is 14.8. The molecule has 5 nitrogen and oxygen atoms in total. The Bertz CT molecular complexity index is 876. The molecule has 132 valence electrons. The first kappa shape index (κ1) is 16.5. The van der Waals surface area contributed by atoms with Crippen molar-refractivity contribution >= 4 is 5.91 Å². The highest BCUT2D eigenvalue weighted by Crippen LogP contribution is 2.33. The lowest BCUT2D eigenvalue weighted by Crippen LogP contribution is -2.44. The number of carbonyl (C=O) groups excluding carboxylic acids is 1. The van der Waals surface area contributed by atoms with Gasteiger partial charge in [-0.2, -0.15) is 5.10 Å². The summed E-state index contributed by atoms with van der Waals surface area (Å²) in [5, 5.41) is 4.14. The second kappa shape index (κ2) is 7.12. The number of nitrogens with zero attached hydrogens (tertiary/aromatic N) is 4. The van der Waals surface area contributed by atoms with Gasteiger partial charge in [-0.15, -0.1) is 0 Å². The molecule has 0 saturated carbocycles. The fourth-order valence-electron chi connectivity index (χ4n) is 3.74. The molecule has 26 heavy (non-hydrogen) atoms. The maximum atomic E-state index is 13.2. The van der Waals surface area contributed by atoms with Gasteiger partial charge in [0.25, 0.3) is 0 Å². The van der Waals surface area contributed by atoms with Crippen molar-refractivity contribution in [1.82, 2.24) is 19.7 Å². The molecule has 3 aromatic rings. The number of hydrogen-bond acceptors (Lipinski definition) is 3. The van der Waals surface area contributed by atoms with Crippen LogP contribution in [0.15, 0.2) is 67.3 Å². The van der Waals surface area contributed by atoms with Gasteiger partial charge in [0.2, 0.25) is 5.91 Å². The van der Waals surface area contributed by atoms with Gasteiger partial charge in [0.1, 0.15) is 18.7 Å². The molecule has 1 amide bonds. The standard InChI is InChI=1S/C21H22N4O/c1-16(25-15-22-14-23-25)21(26)24-12-11-18-9-5-6-10-19(18)20(24)13-17-7-3-2-4-8-17/h2-10,14-16,20H,11-13H2,1H3/t16-,20+/m0/s1. The minimum atomic E-state index is -0.360. The summed E-state index contributed by atoms with van der Waals surface area (Å²) in [5.41, 5.74) is 3.83. The van der Waals surface area contributed by atoms with Crippen molar-refractivity contribution in [2.45, 2.75) is 31.8 Å². The Balaban J connectivity index is 1.67. The summed E-state index contributed by atoms with van der Waals surface area (Å²) in [7, 11) is 0. The number of carbonyl (C=O) groups is 1. The van der Waals surface area contributed by atoms with E-state index >= 15 is 0 Å². The molecule has 4 rings (SSSR count). The Morgan fingerprint density at radius 1 is 1.15 bits per heavy atom. The van der Waals surface area contributed by atoms with Crippen LogP contribution in [-0.2, 0) is 17.6 Å². The zero-order chi connectivity index (χ0) is 17.9. The summed E-state index contributed by atoms with van der Waals surface area (Å²) in [4.78, 5) is 19.2. The fourth-order valence-corrected chi connectivity index (χ4v) is 3.74. The highest BCUT2D eigenvalue weighted by Gasteiger charge is 2.33. The zero-order valence-electron chi connectivity index (χ0n) is 14.8. The lowest BCUT2D eigenvalue weighted by Gasteiger charge is -2.39. The largest absolute Gasteiger partial charge is 0.333 e. The average molecular weight is 346 g/mol. The summed E-state index contributed by atoms with van der Waals surface area (Å²) in [6.07, 6.45) is 4.77. The van der Waals surface area contributed by atoms with Gasteiger partial charge in [0.05, 0.1) is 6.04 Å². The monoisotopic (exact) mass is 346 g/mol. The number of benzene rings is 2. The molecule has 0 aliphatic carbocycles. The van der Waals surface area contributed by atoms with E-state index in [1.807, 2.05) is 30.0 Å². The first-order chi connectivity index (χ1) is 12.7. The Hall–Kier alpha value is -2.95. The summed E-state index contributed by atoms with van der Waals surface area (Å²) in [5.74, 6) is 0.0888. The first-order valence-electron chi connectivity index (χ1n) is 9.00. The van der Waals surface area contributed by atoms with Gasteiger partial charge in [-0.1, -0.05) is 54.6 Å². The topological polar surface area (TPSA) is 51.0 Å². The molecule has 2 heterocycles. The van der Waals surface area contributed by atoms with Crippen LogP contribution in [0.1, 0.15) is 35.7 Å². The van der Waals surface area contributed by atoms with Gasteiger partial charge in [-0.05, 0) is 36.5 Å². The molecule has 1 aliphatic rings. The quantitative estimate of drug-likeness (QED) is 0.729. The number of fused-ring (bicyclic) bond motifs is 1. The molecule has 0 spiro atoms. The van der Waals surface area contributed by atoms with E-state index in [0.717, 1.165) is 19.4 Å². The van der Waals surface area contributed by atoms with Crippen molar-refractivity contribution < 1.29 is 4.79 Å². The van der Waals surface area contributed by atoms with Crippen LogP contribution in [-0.4, -0.2) is 32.1 Å². The maximum Gasteiger partial charge on any atom is 0.247 e. The van der Waals surface area contributed by atoms with E-state index < -0.39 is 0 Å². The second-order valence-corrected chi connectivity index (χ2v) is 6.74. The van der Waals surface area contributed by atoms with Crippen LogP contribution in [0.5, 0.6) is 0 Å². The average Bonchev–Trinajstić information content (AvgIpc) is 3.23. The van der Waals surface area contributed by atoms with E-state index in [9.17, 15) is 4.79 Å². The van der Waals surface area contributed by atoms with E-state index in [4.69, 9.17) is 0 Å². The molecule has 0 N–H and O–H groups in total. The summed E-state index contributed by atoms with van der Waals surface area (Å²) in [6.45, 7) is 2.61. The molecule has 0 unspecified atom stereocenters. The van der Waals surface area contributed by atoms with E-state index in [0.29, 0.717) is 0 Å². The molecule has 0 saturated heterocycles. The van der Waals surface area contributed by atoms with Gasteiger partial charge in [-0.25, -0.2) is 9.67 Å². The number of hydrogen-bond donors (Lipinski definition) is 0. The lowest BCUT2D eigenvalue weighted by molar-refractivity contribution is -0.137. The third kappa shape index (κ3) is 3.12. The molecular weight excluding hydrogens is 324 g/mol. The lowest BCUT2D eigenvalue weighted by atomic mass is 9.88. The molecule has 2 atom stereocenters. The van der Waals surface area contributed by atoms with Crippen LogP contribution in [0, 0.1) is 0 Å². The molecule has 0 bridgehead atoms. The van der Waals surface area contributed by atoms with Gasteiger partial charge < -0.3 is 4.90 Å². The highest BCUT2D eigenvalue weighted by atomic mass is 16.2. The van der Waals surface area contributed by atoms with Crippen molar-refractivity contribution in [2.75, 3.05) is 6.54 Å². The predicted octanol–water partition coefficient (Wildman–Crippen LogP) is 3.21. The minimum absolute atomic E-state index is 0.0424. The van der Waals surface area contributed by atoms with Gasteiger partial charge in [0.15, 0.2) is 0 Å². The Morgan fingerprint density at radius 2 is 1.92 bits per heavy atom. The number of rotatable bonds is 4. The molecule has 1 aliphatic heterocycles. The second-order valence-electron chi connectivity index (χ2n) is 6.74. The minimum Gasteiger partial charge on any atom is -0.333 e. The van der Waals surface area contributed by atoms with E-state index in [-0.39, 0.29) is 18.0 Å². The third-order valence-electron chi connectivity index (χ3n) is 5.16. The van der Waals surface area contributed by atoms with Gasteiger partial charge >= 0.3 is 0 Å². The van der Waals surface area contributed by atoms with Crippen molar-refractivity contribution in [3.8, 4) is 0 Å². The number of amides is 1. The van der Waals surface area contributed by atoms with E-state index in [1.165, 1.54) is 23.0 Å². The smallest absolute Gasteiger partial charge is 0.247 e. The number of aromatic nitrogens is 3. The fraction of sp³-hybridized carbons (Fsp3) is 0.286. The molecule has 0 fully saturated rings.